The van der Waals surface area contributed by atoms with Crippen molar-refractivity contribution in [2.45, 2.75) is 12.6 Å². The highest BCUT2D eigenvalue weighted by Gasteiger charge is 2.40. The molecule has 25 heavy (non-hydrogen) atoms. The van der Waals surface area contributed by atoms with E-state index in [4.69, 9.17) is 9.84 Å². The molecule has 1 aliphatic heterocycles. The number of nitrogens with one attached hydrogen (secondary N) is 1. The predicted molar refractivity (Wildman–Crippen MR) is 78.9 cm³/mol. The van der Waals surface area contributed by atoms with Gasteiger partial charge in [0.25, 0.3) is 0 Å². The molecule has 136 valence electrons. The molecule has 1 aromatic rings. The van der Waals surface area contributed by atoms with Crippen LogP contribution < -0.4 is 10.1 Å². The Labute approximate surface area is 140 Å². The lowest BCUT2D eigenvalue weighted by atomic mass is 10.1. The van der Waals surface area contributed by atoms with E-state index in [0.29, 0.717) is 4.90 Å². The Kier molecular flexibility index (Phi) is 5.50. The minimum Gasteiger partial charge on any atom is -0.482 e. The first-order valence-corrected chi connectivity index (χ1v) is 7.24. The summed E-state index contributed by atoms with van der Waals surface area (Å²) in [6.45, 7) is -2.24. The zero-order chi connectivity index (χ0) is 18.6. The Bertz CT molecular complexity index is 677. The summed E-state index contributed by atoms with van der Waals surface area (Å²) in [7, 11) is 0. The van der Waals surface area contributed by atoms with Gasteiger partial charge in [0, 0.05) is 24.7 Å². The number of alkyl halides is 3. The van der Waals surface area contributed by atoms with E-state index < -0.39 is 43.0 Å². The van der Waals surface area contributed by atoms with Crippen LogP contribution in [0.3, 0.4) is 0 Å². The summed E-state index contributed by atoms with van der Waals surface area (Å²) < 4.78 is 42.1. The Morgan fingerprint density at radius 2 is 2.08 bits per heavy atom. The monoisotopic (exact) mass is 360 g/mol. The SMILES string of the molecule is O=C(O)COc1cccc(NC(=O)C2CC(=O)N(CC(F)(F)F)C2)c1. The molecule has 2 amide bonds. The molecule has 1 heterocycles. The highest BCUT2D eigenvalue weighted by atomic mass is 19.4. The van der Waals surface area contributed by atoms with Crippen LogP contribution >= 0.6 is 0 Å². The molecule has 0 aliphatic carbocycles. The molecule has 1 saturated heterocycles. The van der Waals surface area contributed by atoms with Gasteiger partial charge in [-0.1, -0.05) is 6.07 Å². The largest absolute Gasteiger partial charge is 0.482 e. The molecule has 0 spiro atoms. The third-order valence-corrected chi connectivity index (χ3v) is 3.42. The van der Waals surface area contributed by atoms with Crippen LogP contribution in [0.2, 0.25) is 0 Å². The minimum atomic E-state index is -4.52. The Hall–Kier alpha value is -2.78. The van der Waals surface area contributed by atoms with E-state index in [2.05, 4.69) is 5.32 Å². The minimum absolute atomic E-state index is 0.210. The van der Waals surface area contributed by atoms with Crippen LogP contribution in [-0.2, 0) is 14.4 Å². The summed E-state index contributed by atoms with van der Waals surface area (Å²) in [4.78, 5) is 34.8. The number of nitrogens with zero attached hydrogens (tertiary/aromatic N) is 1. The third-order valence-electron chi connectivity index (χ3n) is 3.42. The second-order valence-corrected chi connectivity index (χ2v) is 5.49. The molecule has 2 N–H and O–H groups in total. The average Bonchev–Trinajstić information content (AvgIpc) is 2.85. The molecule has 1 fully saturated rings. The number of likely N-dealkylation sites (tertiary alicyclic amines) is 1. The smallest absolute Gasteiger partial charge is 0.406 e. The summed E-state index contributed by atoms with van der Waals surface area (Å²) in [5.74, 6) is -3.16. The van der Waals surface area contributed by atoms with E-state index in [-0.39, 0.29) is 24.4 Å². The fourth-order valence-corrected chi connectivity index (χ4v) is 2.37. The fraction of sp³-hybridized carbons (Fsp3) is 0.400. The number of amides is 2. The molecular weight excluding hydrogens is 345 g/mol. The first-order chi connectivity index (χ1) is 11.6. The van der Waals surface area contributed by atoms with E-state index in [9.17, 15) is 27.6 Å². The van der Waals surface area contributed by atoms with Crippen molar-refractivity contribution in [2.24, 2.45) is 5.92 Å². The lowest BCUT2D eigenvalue weighted by molar-refractivity contribution is -0.157. The maximum atomic E-state index is 12.4. The van der Waals surface area contributed by atoms with Gasteiger partial charge in [-0.3, -0.25) is 9.59 Å². The van der Waals surface area contributed by atoms with Crippen LogP contribution in [0.15, 0.2) is 24.3 Å². The number of benzene rings is 1. The number of carboxylic acids is 1. The number of aliphatic carboxylic acids is 1. The average molecular weight is 360 g/mol. The standard InChI is InChI=1S/C15H15F3N2O5/c16-15(17,18)8-20-6-9(4-12(20)21)14(24)19-10-2-1-3-11(5-10)25-7-13(22)23/h1-3,5,9H,4,6-8H2,(H,19,24)(H,22,23). The van der Waals surface area contributed by atoms with Gasteiger partial charge in [-0.25, -0.2) is 4.79 Å². The Morgan fingerprint density at radius 1 is 1.36 bits per heavy atom. The maximum Gasteiger partial charge on any atom is 0.406 e. The van der Waals surface area contributed by atoms with Crippen molar-refractivity contribution in [3.8, 4) is 5.75 Å². The molecule has 0 bridgehead atoms. The van der Waals surface area contributed by atoms with Crippen LogP contribution in [0.25, 0.3) is 0 Å². The number of hydrogen-bond donors (Lipinski definition) is 2. The van der Waals surface area contributed by atoms with E-state index in [1.165, 1.54) is 24.3 Å². The van der Waals surface area contributed by atoms with E-state index in [0.717, 1.165) is 0 Å². The highest BCUT2D eigenvalue weighted by molar-refractivity contribution is 5.97. The molecule has 1 aliphatic rings. The molecule has 0 saturated carbocycles. The van der Waals surface area contributed by atoms with Crippen LogP contribution in [0, 0.1) is 5.92 Å². The molecule has 0 aromatic heterocycles. The van der Waals surface area contributed by atoms with E-state index >= 15 is 0 Å². The first-order valence-electron chi connectivity index (χ1n) is 7.24. The van der Waals surface area contributed by atoms with Crippen LogP contribution in [0.4, 0.5) is 18.9 Å². The van der Waals surface area contributed by atoms with Gasteiger partial charge in [-0.2, -0.15) is 13.2 Å². The fourth-order valence-electron chi connectivity index (χ4n) is 2.37. The maximum absolute atomic E-state index is 12.4. The predicted octanol–water partition coefficient (Wildman–Crippen LogP) is 1.50. The van der Waals surface area contributed by atoms with Gasteiger partial charge in [-0.15, -0.1) is 0 Å². The summed E-state index contributed by atoms with van der Waals surface area (Å²) in [5, 5.41) is 11.0. The highest BCUT2D eigenvalue weighted by Crippen LogP contribution is 2.25. The van der Waals surface area contributed by atoms with Crippen molar-refractivity contribution >= 4 is 23.5 Å². The quantitative estimate of drug-likeness (QED) is 0.802. The second kappa shape index (κ2) is 7.41. The van der Waals surface area contributed by atoms with Crippen LogP contribution in [0.1, 0.15) is 6.42 Å². The number of anilines is 1. The molecule has 1 atom stereocenters. The Morgan fingerprint density at radius 3 is 2.72 bits per heavy atom. The summed E-state index contributed by atoms with van der Waals surface area (Å²) in [5.41, 5.74) is 0.287. The van der Waals surface area contributed by atoms with E-state index in [1.807, 2.05) is 0 Å². The molecular formula is C15H15F3N2O5. The molecule has 7 nitrogen and oxygen atoms in total. The van der Waals surface area contributed by atoms with Gasteiger partial charge in [-0.05, 0) is 12.1 Å². The molecule has 0 radical (unpaired) electrons. The van der Waals surface area contributed by atoms with Crippen molar-refractivity contribution in [2.75, 3.05) is 25.0 Å². The zero-order valence-corrected chi connectivity index (χ0v) is 12.9. The van der Waals surface area contributed by atoms with Crippen molar-refractivity contribution in [3.63, 3.8) is 0 Å². The van der Waals surface area contributed by atoms with E-state index in [1.54, 1.807) is 0 Å². The summed E-state index contributed by atoms with van der Waals surface area (Å²) >= 11 is 0. The van der Waals surface area contributed by atoms with Gasteiger partial charge in [0.1, 0.15) is 12.3 Å². The lowest BCUT2D eigenvalue weighted by Gasteiger charge is -2.18. The van der Waals surface area contributed by atoms with Crippen molar-refractivity contribution in [3.05, 3.63) is 24.3 Å². The number of carbonyl (C=O) groups is 3. The van der Waals surface area contributed by atoms with Gasteiger partial charge >= 0.3 is 12.1 Å². The van der Waals surface area contributed by atoms with Crippen molar-refractivity contribution < 1.29 is 37.4 Å². The zero-order valence-electron chi connectivity index (χ0n) is 12.9. The number of ether oxygens (including phenoxy) is 1. The number of hydrogen-bond acceptors (Lipinski definition) is 4. The summed E-state index contributed by atoms with van der Waals surface area (Å²) in [6.07, 6.45) is -4.81. The van der Waals surface area contributed by atoms with Crippen molar-refractivity contribution in [1.29, 1.82) is 0 Å². The third kappa shape index (κ3) is 5.66. The lowest BCUT2D eigenvalue weighted by Crippen LogP contribution is -2.36. The topological polar surface area (TPSA) is 95.9 Å². The first kappa shape index (κ1) is 18.6. The second-order valence-electron chi connectivity index (χ2n) is 5.49. The number of carboxylic acid groups (broad SMARTS) is 1. The van der Waals surface area contributed by atoms with Crippen molar-refractivity contribution in [1.82, 2.24) is 4.90 Å². The molecule has 2 rings (SSSR count). The normalized spacial score (nSPS) is 17.5. The Balaban J connectivity index is 1.95. The number of halogens is 3. The van der Waals surface area contributed by atoms with Gasteiger partial charge in [0.05, 0.1) is 5.92 Å². The number of carbonyl (C=O) groups excluding carboxylic acids is 2. The summed E-state index contributed by atoms with van der Waals surface area (Å²) in [6, 6.07) is 5.90. The molecule has 10 heteroatoms. The number of rotatable bonds is 6. The van der Waals surface area contributed by atoms with Gasteiger partial charge in [0.2, 0.25) is 11.8 Å². The van der Waals surface area contributed by atoms with Crippen LogP contribution in [-0.4, -0.2) is 53.7 Å². The molecule has 1 aromatic carbocycles. The van der Waals surface area contributed by atoms with Gasteiger partial charge in [0.15, 0.2) is 6.61 Å². The molecule has 1 unspecified atom stereocenters. The van der Waals surface area contributed by atoms with Crippen LogP contribution in [0.5, 0.6) is 5.75 Å². The van der Waals surface area contributed by atoms with Gasteiger partial charge < -0.3 is 20.1 Å².